The maximum Gasteiger partial charge on any atom is 0.363 e. The number of carbonyl (C=O) groups excluding carboxylic acids is 1. The van der Waals surface area contributed by atoms with Crippen LogP contribution in [0.1, 0.15) is 33.4 Å². The van der Waals surface area contributed by atoms with Crippen LogP contribution in [0.5, 0.6) is 0 Å². The molecule has 3 heteroatoms. The van der Waals surface area contributed by atoms with Gasteiger partial charge in [-0.1, -0.05) is 6.07 Å². The zero-order chi connectivity index (χ0) is 18.3. The molecule has 0 unspecified atom stereocenters. The van der Waals surface area contributed by atoms with Crippen molar-refractivity contribution in [2.75, 3.05) is 0 Å². The molecule has 1 heterocycles. The van der Waals surface area contributed by atoms with Crippen molar-refractivity contribution in [1.29, 1.82) is 0 Å². The topological polar surface area (TPSA) is 51.4 Å². The van der Waals surface area contributed by atoms with Crippen molar-refractivity contribution >= 4 is 16.9 Å². The fourth-order valence-electron chi connectivity index (χ4n) is 3.52. The predicted octanol–water partition coefficient (Wildman–Crippen LogP) is 4.22. The molecule has 0 atom stereocenters. The predicted molar refractivity (Wildman–Crippen MR) is 98.5 cm³/mol. The van der Waals surface area contributed by atoms with Crippen LogP contribution in [0.25, 0.3) is 22.3 Å². The summed E-state index contributed by atoms with van der Waals surface area (Å²) in [7, 11) is 0. The first-order chi connectivity index (χ1) is 11.8. The highest BCUT2D eigenvalue weighted by molar-refractivity contribution is 5.84. The Morgan fingerprint density at radius 1 is 0.880 bits per heavy atom. The van der Waals surface area contributed by atoms with Crippen LogP contribution in [-0.4, -0.2) is 5.97 Å². The number of hydrogen-bond acceptors (Lipinski definition) is 2. The zero-order valence-electron chi connectivity index (χ0n) is 15.3. The lowest BCUT2D eigenvalue weighted by molar-refractivity contribution is -0.304. The van der Waals surface area contributed by atoms with Gasteiger partial charge in [-0.05, 0) is 80.6 Å². The fraction of sp³-hybridized carbons (Fsp3) is 0.273. The van der Waals surface area contributed by atoms with Crippen LogP contribution in [0.2, 0.25) is 0 Å². The van der Waals surface area contributed by atoms with Crippen molar-refractivity contribution in [3.63, 3.8) is 0 Å². The van der Waals surface area contributed by atoms with E-state index in [1.165, 1.54) is 11.1 Å². The molecule has 2 aromatic carbocycles. The highest BCUT2D eigenvalue weighted by Gasteiger charge is 2.21. The van der Waals surface area contributed by atoms with Gasteiger partial charge >= 0.3 is 11.3 Å². The van der Waals surface area contributed by atoms with Gasteiger partial charge < -0.3 is 9.90 Å². The van der Waals surface area contributed by atoms with E-state index < -0.39 is 5.97 Å². The maximum absolute atomic E-state index is 11.0. The minimum atomic E-state index is -1.06. The van der Waals surface area contributed by atoms with Crippen molar-refractivity contribution in [2.24, 2.45) is 0 Å². The van der Waals surface area contributed by atoms with E-state index >= 15 is 0 Å². The van der Waals surface area contributed by atoms with Gasteiger partial charge in [-0.25, -0.2) is 4.42 Å². The van der Waals surface area contributed by atoms with Crippen molar-refractivity contribution in [1.82, 2.24) is 0 Å². The average molecular weight is 334 g/mol. The minimum Gasteiger partial charge on any atom is -0.550 e. The largest absolute Gasteiger partial charge is 0.550 e. The molecule has 0 N–H and O–H groups in total. The number of aliphatic carboxylic acids is 1. The third-order valence-electron chi connectivity index (χ3n) is 4.70. The Kier molecular flexibility index (Phi) is 4.34. The third-order valence-corrected chi connectivity index (χ3v) is 4.70. The lowest BCUT2D eigenvalue weighted by atomic mass is 9.94. The molecule has 0 fully saturated rings. The highest BCUT2D eigenvalue weighted by Crippen LogP contribution is 2.32. The number of benzene rings is 2. The summed E-state index contributed by atoms with van der Waals surface area (Å²) in [5.41, 5.74) is 7.96. The number of carbonyl (C=O) groups is 1. The molecule has 0 saturated heterocycles. The van der Waals surface area contributed by atoms with Crippen LogP contribution >= 0.6 is 0 Å². The second kappa shape index (κ2) is 6.32. The summed E-state index contributed by atoms with van der Waals surface area (Å²) in [6.07, 6.45) is -0.0653. The van der Waals surface area contributed by atoms with Crippen molar-refractivity contribution in [3.8, 4) is 11.3 Å². The van der Waals surface area contributed by atoms with Gasteiger partial charge in [0, 0.05) is 18.5 Å². The Bertz CT molecular complexity index is 977. The van der Waals surface area contributed by atoms with Crippen LogP contribution in [0, 0.1) is 34.6 Å². The van der Waals surface area contributed by atoms with Gasteiger partial charge in [-0.15, -0.1) is 0 Å². The van der Waals surface area contributed by atoms with Crippen LogP contribution in [0.15, 0.2) is 34.7 Å². The molecule has 1 aromatic heterocycles. The number of carboxylic acid groups (broad SMARTS) is 1. The van der Waals surface area contributed by atoms with Gasteiger partial charge in [-0.3, -0.25) is 0 Å². The van der Waals surface area contributed by atoms with E-state index in [9.17, 15) is 9.90 Å². The van der Waals surface area contributed by atoms with Crippen molar-refractivity contribution < 1.29 is 14.3 Å². The number of carboxylic acids is 1. The quantitative estimate of drug-likeness (QED) is 0.674. The second-order valence-corrected chi connectivity index (χ2v) is 6.89. The van der Waals surface area contributed by atoms with Crippen LogP contribution in [0.4, 0.5) is 0 Å². The summed E-state index contributed by atoms with van der Waals surface area (Å²) in [4.78, 5) is 11.0. The number of fused-ring (bicyclic) bond motifs is 1. The summed E-state index contributed by atoms with van der Waals surface area (Å²) >= 11 is 0. The van der Waals surface area contributed by atoms with E-state index in [0.717, 1.165) is 44.5 Å². The highest BCUT2D eigenvalue weighted by atomic mass is 16.4. The first-order valence-electron chi connectivity index (χ1n) is 8.41. The molecular formula is C22H22O3. The third kappa shape index (κ3) is 3.27. The summed E-state index contributed by atoms with van der Waals surface area (Å²) in [6, 6.07) is 10.3. The van der Waals surface area contributed by atoms with Crippen LogP contribution in [-0.2, 0) is 11.2 Å². The maximum atomic E-state index is 11.0. The lowest BCUT2D eigenvalue weighted by Crippen LogP contribution is -2.25. The SMILES string of the molecule is Cc1cc(C)c2cc(C)c(-c3cc(C)c(CC(=O)[O-])c(C)c3)[o+]c2c1. The lowest BCUT2D eigenvalue weighted by Gasteiger charge is -2.11. The van der Waals surface area contributed by atoms with Crippen LogP contribution in [0.3, 0.4) is 0 Å². The van der Waals surface area contributed by atoms with Crippen LogP contribution < -0.4 is 5.11 Å². The molecular weight excluding hydrogens is 312 g/mol. The summed E-state index contributed by atoms with van der Waals surface area (Å²) in [6.45, 7) is 10.0. The first-order valence-corrected chi connectivity index (χ1v) is 8.41. The molecule has 3 rings (SSSR count). The van der Waals surface area contributed by atoms with Gasteiger partial charge in [0.05, 0.1) is 16.5 Å². The number of aryl methyl sites for hydroxylation is 5. The van der Waals surface area contributed by atoms with E-state index in [1.807, 2.05) is 32.9 Å². The standard InChI is InChI=1S/C22H22O3/c1-12-6-13(2)19-10-16(5)22(25-20(19)7-12)17-8-14(3)18(11-21(23)24)15(4)9-17/h6-10H,11H2,1-5H3. The molecule has 25 heavy (non-hydrogen) atoms. The zero-order valence-corrected chi connectivity index (χ0v) is 15.3. The molecule has 0 aliphatic carbocycles. The van der Waals surface area contributed by atoms with Crippen molar-refractivity contribution in [2.45, 2.75) is 41.0 Å². The molecule has 0 aliphatic rings. The Morgan fingerprint density at radius 3 is 2.12 bits per heavy atom. The molecule has 0 spiro atoms. The Balaban J connectivity index is 2.19. The smallest absolute Gasteiger partial charge is 0.363 e. The minimum absolute atomic E-state index is 0.0653. The van der Waals surface area contributed by atoms with E-state index in [2.05, 4.69) is 32.0 Å². The Morgan fingerprint density at radius 2 is 1.52 bits per heavy atom. The van der Waals surface area contributed by atoms with E-state index in [-0.39, 0.29) is 6.42 Å². The molecule has 0 amide bonds. The van der Waals surface area contributed by atoms with Gasteiger partial charge in [0.2, 0.25) is 0 Å². The van der Waals surface area contributed by atoms with E-state index in [4.69, 9.17) is 4.42 Å². The first kappa shape index (κ1) is 17.2. The molecule has 3 nitrogen and oxygen atoms in total. The van der Waals surface area contributed by atoms with Crippen molar-refractivity contribution in [3.05, 3.63) is 63.7 Å². The van der Waals surface area contributed by atoms with Gasteiger partial charge in [0.1, 0.15) is 0 Å². The van der Waals surface area contributed by atoms with Gasteiger partial charge in [0.15, 0.2) is 0 Å². The molecule has 0 aliphatic heterocycles. The number of hydrogen-bond donors (Lipinski definition) is 0. The molecule has 128 valence electrons. The monoisotopic (exact) mass is 334 g/mol. The second-order valence-electron chi connectivity index (χ2n) is 6.89. The van der Waals surface area contributed by atoms with E-state index in [1.54, 1.807) is 0 Å². The number of rotatable bonds is 3. The normalized spacial score (nSPS) is 11.1. The fourth-order valence-corrected chi connectivity index (χ4v) is 3.52. The van der Waals surface area contributed by atoms with E-state index in [0.29, 0.717) is 0 Å². The summed E-state index contributed by atoms with van der Waals surface area (Å²) in [5.74, 6) is -0.236. The molecule has 0 radical (unpaired) electrons. The Labute approximate surface area is 147 Å². The van der Waals surface area contributed by atoms with Gasteiger partial charge in [0.25, 0.3) is 0 Å². The summed E-state index contributed by atoms with van der Waals surface area (Å²) in [5, 5.41) is 12.1. The molecule has 0 bridgehead atoms. The molecule has 0 saturated carbocycles. The Hall–Kier alpha value is -2.68. The summed E-state index contributed by atoms with van der Waals surface area (Å²) < 4.78 is 6.24. The average Bonchev–Trinajstić information content (AvgIpc) is 2.50. The van der Waals surface area contributed by atoms with Gasteiger partial charge in [-0.2, -0.15) is 0 Å². The molecule has 3 aromatic rings.